The van der Waals surface area contributed by atoms with Crippen LogP contribution in [0.4, 0.5) is 5.69 Å². The number of nitrogens with zero attached hydrogens (tertiary/aromatic N) is 2. The van der Waals surface area contributed by atoms with Crippen LogP contribution in [0.25, 0.3) is 0 Å². The summed E-state index contributed by atoms with van der Waals surface area (Å²) in [6.45, 7) is 2.32. The summed E-state index contributed by atoms with van der Waals surface area (Å²) in [5.74, 6) is 0. The summed E-state index contributed by atoms with van der Waals surface area (Å²) < 4.78 is 24.9. The Kier molecular flexibility index (Phi) is 4.51. The maximum absolute atomic E-state index is 11.6. The molecule has 0 saturated carbocycles. The maximum Gasteiger partial charge on any atom is 0.177 e. The quantitative estimate of drug-likeness (QED) is 0.922. The van der Waals surface area contributed by atoms with Gasteiger partial charge in [0.1, 0.15) is 5.15 Å². The molecule has 1 heterocycles. The minimum atomic E-state index is -3.37. The molecule has 1 aromatic carbocycles. The highest BCUT2D eigenvalue weighted by molar-refractivity contribution is 7.90. The Morgan fingerprint density at radius 1 is 1.33 bits per heavy atom. The van der Waals surface area contributed by atoms with Gasteiger partial charge in [0.05, 0.1) is 15.6 Å². The number of aryl methyl sites for hydroxylation is 2. The molecule has 1 aromatic heterocycles. The molecule has 0 radical (unpaired) electrons. The lowest BCUT2D eigenvalue weighted by atomic mass is 10.2. The van der Waals surface area contributed by atoms with E-state index in [-0.39, 0.29) is 9.92 Å². The van der Waals surface area contributed by atoms with Crippen LogP contribution in [0.2, 0.25) is 10.2 Å². The van der Waals surface area contributed by atoms with E-state index < -0.39 is 9.84 Å². The van der Waals surface area contributed by atoms with Crippen LogP contribution in [-0.2, 0) is 23.4 Å². The Morgan fingerprint density at radius 3 is 2.52 bits per heavy atom. The van der Waals surface area contributed by atoms with Crippen LogP contribution < -0.4 is 5.32 Å². The molecule has 0 atom stereocenters. The van der Waals surface area contributed by atoms with Crippen molar-refractivity contribution in [3.63, 3.8) is 0 Å². The van der Waals surface area contributed by atoms with Gasteiger partial charge < -0.3 is 5.32 Å². The van der Waals surface area contributed by atoms with Crippen molar-refractivity contribution in [1.29, 1.82) is 0 Å². The second kappa shape index (κ2) is 5.87. The minimum absolute atomic E-state index is 0.100. The van der Waals surface area contributed by atoms with Gasteiger partial charge in [0.25, 0.3) is 0 Å². The summed E-state index contributed by atoms with van der Waals surface area (Å²) in [6.07, 6.45) is 1.13. The highest BCUT2D eigenvalue weighted by Gasteiger charge is 2.14. The average Bonchev–Trinajstić information content (AvgIpc) is 2.61. The van der Waals surface area contributed by atoms with Crippen molar-refractivity contribution in [1.82, 2.24) is 9.78 Å². The second-order valence-electron chi connectivity index (χ2n) is 4.75. The number of hydrogen-bond acceptors (Lipinski definition) is 4. The fourth-order valence-corrected chi connectivity index (χ4v) is 3.51. The summed E-state index contributed by atoms with van der Waals surface area (Å²) in [5, 5.41) is 8.12. The third-order valence-corrected chi connectivity index (χ3v) is 5.12. The van der Waals surface area contributed by atoms with Crippen molar-refractivity contribution in [3.05, 3.63) is 39.6 Å². The molecule has 0 aliphatic carbocycles. The lowest BCUT2D eigenvalue weighted by Crippen LogP contribution is -2.03. The predicted molar refractivity (Wildman–Crippen MR) is 84.8 cm³/mol. The van der Waals surface area contributed by atoms with Crippen LogP contribution in [0, 0.1) is 6.92 Å². The molecule has 2 aromatic rings. The SMILES string of the molecule is Cc1nn(C)c(Cl)c1CNc1ccc(Cl)c(S(C)(=O)=O)c1. The van der Waals surface area contributed by atoms with Crippen molar-refractivity contribution in [2.24, 2.45) is 7.05 Å². The summed E-state index contributed by atoms with van der Waals surface area (Å²) in [4.78, 5) is 0.100. The first-order valence-corrected chi connectivity index (χ1v) is 8.76. The van der Waals surface area contributed by atoms with Gasteiger partial charge in [-0.1, -0.05) is 23.2 Å². The standard InChI is InChI=1S/C13H15Cl2N3O2S/c1-8-10(13(15)18(2)17-8)7-16-9-4-5-11(14)12(6-9)21(3,19)20/h4-6,16H,7H2,1-3H3. The molecule has 0 aliphatic heterocycles. The highest BCUT2D eigenvalue weighted by atomic mass is 35.5. The Morgan fingerprint density at radius 2 is 2.00 bits per heavy atom. The molecule has 2 rings (SSSR count). The van der Waals surface area contributed by atoms with E-state index >= 15 is 0 Å². The van der Waals surface area contributed by atoms with Gasteiger partial charge in [0, 0.05) is 31.1 Å². The van der Waals surface area contributed by atoms with E-state index in [1.165, 1.54) is 6.07 Å². The van der Waals surface area contributed by atoms with Gasteiger partial charge in [0.15, 0.2) is 9.84 Å². The van der Waals surface area contributed by atoms with Crippen molar-refractivity contribution >= 4 is 38.7 Å². The van der Waals surface area contributed by atoms with Gasteiger partial charge in [-0.2, -0.15) is 5.10 Å². The summed E-state index contributed by atoms with van der Waals surface area (Å²) in [7, 11) is -1.60. The van der Waals surface area contributed by atoms with Gasteiger partial charge in [-0.25, -0.2) is 8.42 Å². The molecule has 0 aliphatic rings. The molecule has 0 fully saturated rings. The molecule has 0 amide bonds. The first-order chi connectivity index (χ1) is 9.70. The van der Waals surface area contributed by atoms with Crippen LogP contribution >= 0.6 is 23.2 Å². The van der Waals surface area contributed by atoms with E-state index in [0.29, 0.717) is 17.4 Å². The van der Waals surface area contributed by atoms with Crippen LogP contribution in [0.1, 0.15) is 11.3 Å². The second-order valence-corrected chi connectivity index (χ2v) is 7.50. The van der Waals surface area contributed by atoms with Crippen LogP contribution in [-0.4, -0.2) is 24.5 Å². The first kappa shape index (κ1) is 16.1. The summed E-state index contributed by atoms with van der Waals surface area (Å²) >= 11 is 12.1. The molecular weight excluding hydrogens is 333 g/mol. The number of halogens is 2. The number of hydrogen-bond donors (Lipinski definition) is 1. The van der Waals surface area contributed by atoms with E-state index in [0.717, 1.165) is 17.5 Å². The van der Waals surface area contributed by atoms with E-state index in [2.05, 4.69) is 10.4 Å². The number of nitrogens with one attached hydrogen (secondary N) is 1. The van der Waals surface area contributed by atoms with Crippen LogP contribution in [0.15, 0.2) is 23.1 Å². The molecular formula is C13H15Cl2N3O2S. The monoisotopic (exact) mass is 347 g/mol. The first-order valence-electron chi connectivity index (χ1n) is 6.11. The van der Waals surface area contributed by atoms with Gasteiger partial charge in [-0.3, -0.25) is 4.68 Å². The Hall–Kier alpha value is -1.24. The summed E-state index contributed by atoms with van der Waals surface area (Å²) in [6, 6.07) is 4.78. The van der Waals surface area contributed by atoms with Gasteiger partial charge in [-0.05, 0) is 25.1 Å². The lowest BCUT2D eigenvalue weighted by Gasteiger charge is -2.09. The van der Waals surface area contributed by atoms with Crippen molar-refractivity contribution < 1.29 is 8.42 Å². The Balaban J connectivity index is 2.25. The van der Waals surface area contributed by atoms with E-state index in [9.17, 15) is 8.42 Å². The molecule has 0 unspecified atom stereocenters. The molecule has 0 saturated heterocycles. The summed E-state index contributed by atoms with van der Waals surface area (Å²) in [5.41, 5.74) is 2.35. The topological polar surface area (TPSA) is 64.0 Å². The molecule has 0 spiro atoms. The normalized spacial score (nSPS) is 11.7. The van der Waals surface area contributed by atoms with E-state index in [4.69, 9.17) is 23.2 Å². The van der Waals surface area contributed by atoms with E-state index in [1.54, 1.807) is 23.9 Å². The molecule has 1 N–H and O–H groups in total. The highest BCUT2D eigenvalue weighted by Crippen LogP contribution is 2.26. The Labute approximate surface area is 133 Å². The number of rotatable bonds is 4. The fraction of sp³-hybridized carbons (Fsp3) is 0.308. The fourth-order valence-electron chi connectivity index (χ4n) is 1.96. The van der Waals surface area contributed by atoms with E-state index in [1.807, 2.05) is 6.92 Å². The van der Waals surface area contributed by atoms with Gasteiger partial charge >= 0.3 is 0 Å². The zero-order valence-corrected chi connectivity index (χ0v) is 14.1. The average molecular weight is 348 g/mol. The molecule has 114 valence electrons. The van der Waals surface area contributed by atoms with Crippen LogP contribution in [0.5, 0.6) is 0 Å². The number of sulfone groups is 1. The zero-order valence-electron chi connectivity index (χ0n) is 11.8. The van der Waals surface area contributed by atoms with Crippen LogP contribution in [0.3, 0.4) is 0 Å². The minimum Gasteiger partial charge on any atom is -0.381 e. The zero-order chi connectivity index (χ0) is 15.8. The van der Waals surface area contributed by atoms with Gasteiger partial charge in [-0.15, -0.1) is 0 Å². The molecule has 8 heteroatoms. The van der Waals surface area contributed by atoms with Crippen molar-refractivity contribution in [2.45, 2.75) is 18.4 Å². The molecule has 21 heavy (non-hydrogen) atoms. The lowest BCUT2D eigenvalue weighted by molar-refractivity contribution is 0.602. The Bertz CT molecular complexity index is 785. The smallest absolute Gasteiger partial charge is 0.177 e. The molecule has 0 bridgehead atoms. The maximum atomic E-state index is 11.6. The number of aromatic nitrogens is 2. The number of benzene rings is 1. The third-order valence-electron chi connectivity index (χ3n) is 3.07. The predicted octanol–water partition coefficient (Wildman–Crippen LogP) is 3.05. The third kappa shape index (κ3) is 3.51. The largest absolute Gasteiger partial charge is 0.381 e. The van der Waals surface area contributed by atoms with Gasteiger partial charge in [0.2, 0.25) is 0 Å². The molecule has 5 nitrogen and oxygen atoms in total. The van der Waals surface area contributed by atoms with Crippen molar-refractivity contribution in [3.8, 4) is 0 Å². The van der Waals surface area contributed by atoms with Crippen molar-refractivity contribution in [2.75, 3.05) is 11.6 Å². The number of anilines is 1.